The van der Waals surface area contributed by atoms with Crippen LogP contribution in [0.1, 0.15) is 5.56 Å². The number of aryl methyl sites for hydroxylation is 1. The van der Waals surface area contributed by atoms with Crippen LogP contribution in [0.4, 0.5) is 5.82 Å². The molecule has 3 aromatic rings. The summed E-state index contributed by atoms with van der Waals surface area (Å²) in [5, 5.41) is 0. The number of hydrogen-bond acceptors (Lipinski definition) is 3. The average molecular weight is 252 g/mol. The molecule has 0 N–H and O–H groups in total. The molecule has 0 saturated heterocycles. The molecule has 0 bridgehead atoms. The summed E-state index contributed by atoms with van der Waals surface area (Å²) >= 11 is 0. The molecule has 0 atom stereocenters. The molecule has 3 rings (SSSR count). The van der Waals surface area contributed by atoms with Crippen molar-refractivity contribution in [1.82, 2.24) is 14.4 Å². The van der Waals surface area contributed by atoms with E-state index in [0.717, 1.165) is 22.7 Å². The van der Waals surface area contributed by atoms with Gasteiger partial charge in [-0.25, -0.2) is 9.97 Å². The van der Waals surface area contributed by atoms with Gasteiger partial charge >= 0.3 is 0 Å². The Morgan fingerprint density at radius 3 is 2.68 bits per heavy atom. The Bertz CT molecular complexity index is 711. The van der Waals surface area contributed by atoms with Gasteiger partial charge in [0.05, 0.1) is 5.69 Å². The van der Waals surface area contributed by atoms with Gasteiger partial charge in [-0.05, 0) is 36.8 Å². The lowest BCUT2D eigenvalue weighted by molar-refractivity contribution is 1.07. The molecule has 96 valence electrons. The minimum atomic E-state index is 0.948. The van der Waals surface area contributed by atoms with E-state index in [4.69, 9.17) is 0 Å². The van der Waals surface area contributed by atoms with Crippen LogP contribution < -0.4 is 4.90 Å². The fourth-order valence-corrected chi connectivity index (χ4v) is 2.02. The predicted octanol–water partition coefficient (Wildman–Crippen LogP) is 2.77. The van der Waals surface area contributed by atoms with Crippen LogP contribution in [0.5, 0.6) is 0 Å². The van der Waals surface area contributed by atoms with Gasteiger partial charge in [0.25, 0.3) is 0 Å². The molecule has 0 unspecified atom stereocenters. The summed E-state index contributed by atoms with van der Waals surface area (Å²) in [4.78, 5) is 11.0. The fourth-order valence-electron chi connectivity index (χ4n) is 2.02. The third-order valence-electron chi connectivity index (χ3n) is 3.12. The molecule has 4 heteroatoms. The minimum Gasteiger partial charge on any atom is -0.363 e. The Morgan fingerprint density at radius 2 is 2.00 bits per heavy atom. The SMILES string of the molecule is Cc1ccn2cc(-c3ccc(N(C)C)nc3)nc2c1. The van der Waals surface area contributed by atoms with Crippen molar-refractivity contribution in [3.8, 4) is 11.3 Å². The second-order valence-electron chi connectivity index (χ2n) is 4.90. The Balaban J connectivity index is 2.03. The van der Waals surface area contributed by atoms with Crippen molar-refractivity contribution in [3.63, 3.8) is 0 Å². The number of nitrogens with zero attached hydrogens (tertiary/aromatic N) is 4. The van der Waals surface area contributed by atoms with Crippen molar-refractivity contribution >= 4 is 11.5 Å². The molecule has 0 saturated carbocycles. The van der Waals surface area contributed by atoms with Gasteiger partial charge in [-0.2, -0.15) is 0 Å². The molecule has 0 aliphatic carbocycles. The molecule has 0 spiro atoms. The van der Waals surface area contributed by atoms with Crippen molar-refractivity contribution in [1.29, 1.82) is 0 Å². The Kier molecular flexibility index (Phi) is 2.71. The largest absolute Gasteiger partial charge is 0.363 e. The standard InChI is InChI=1S/C15H16N4/c1-11-6-7-19-10-13(17-15(19)8-11)12-4-5-14(16-9-12)18(2)3/h4-10H,1-3H3. The van der Waals surface area contributed by atoms with Gasteiger partial charge in [0.15, 0.2) is 0 Å². The Hall–Kier alpha value is -2.36. The summed E-state index contributed by atoms with van der Waals surface area (Å²) in [7, 11) is 3.96. The number of hydrogen-bond donors (Lipinski definition) is 0. The van der Waals surface area contributed by atoms with Crippen molar-refractivity contribution in [2.24, 2.45) is 0 Å². The van der Waals surface area contributed by atoms with E-state index < -0.39 is 0 Å². The van der Waals surface area contributed by atoms with Gasteiger partial charge in [0, 0.05) is 38.2 Å². The molecule has 3 heterocycles. The second kappa shape index (κ2) is 4.39. The van der Waals surface area contributed by atoms with Crippen LogP contribution in [-0.2, 0) is 0 Å². The van der Waals surface area contributed by atoms with Crippen LogP contribution in [0, 0.1) is 6.92 Å². The van der Waals surface area contributed by atoms with Crippen LogP contribution in [0.25, 0.3) is 16.9 Å². The number of pyridine rings is 2. The zero-order valence-corrected chi connectivity index (χ0v) is 11.3. The summed E-state index contributed by atoms with van der Waals surface area (Å²) in [5.74, 6) is 0.948. The van der Waals surface area contributed by atoms with Gasteiger partial charge in [0.1, 0.15) is 11.5 Å². The number of rotatable bonds is 2. The van der Waals surface area contributed by atoms with Gasteiger partial charge in [-0.1, -0.05) is 0 Å². The topological polar surface area (TPSA) is 33.4 Å². The molecule has 3 aromatic heterocycles. The molecule has 0 amide bonds. The third kappa shape index (κ3) is 2.17. The highest BCUT2D eigenvalue weighted by Gasteiger charge is 2.05. The molecule has 19 heavy (non-hydrogen) atoms. The molecule has 0 radical (unpaired) electrons. The third-order valence-corrected chi connectivity index (χ3v) is 3.12. The van der Waals surface area contributed by atoms with E-state index in [9.17, 15) is 0 Å². The summed E-state index contributed by atoms with van der Waals surface area (Å²) in [6.45, 7) is 2.07. The first-order chi connectivity index (χ1) is 9.13. The molecule has 0 fully saturated rings. The van der Waals surface area contributed by atoms with Crippen molar-refractivity contribution in [3.05, 3.63) is 48.4 Å². The first-order valence-electron chi connectivity index (χ1n) is 6.22. The highest BCUT2D eigenvalue weighted by molar-refractivity contribution is 5.63. The van der Waals surface area contributed by atoms with E-state index >= 15 is 0 Å². The predicted molar refractivity (Wildman–Crippen MR) is 77.5 cm³/mol. The van der Waals surface area contributed by atoms with E-state index in [1.807, 2.05) is 48.1 Å². The lowest BCUT2D eigenvalue weighted by Gasteiger charge is -2.10. The maximum absolute atomic E-state index is 4.63. The lowest BCUT2D eigenvalue weighted by Crippen LogP contribution is -2.09. The van der Waals surface area contributed by atoms with E-state index in [1.54, 1.807) is 0 Å². The lowest BCUT2D eigenvalue weighted by atomic mass is 10.2. The first kappa shape index (κ1) is 11.7. The van der Waals surface area contributed by atoms with Crippen LogP contribution >= 0.6 is 0 Å². The van der Waals surface area contributed by atoms with Crippen molar-refractivity contribution in [2.45, 2.75) is 6.92 Å². The van der Waals surface area contributed by atoms with Gasteiger partial charge < -0.3 is 9.30 Å². The van der Waals surface area contributed by atoms with Crippen LogP contribution in [0.2, 0.25) is 0 Å². The first-order valence-corrected chi connectivity index (χ1v) is 6.22. The van der Waals surface area contributed by atoms with Gasteiger partial charge in [-0.15, -0.1) is 0 Å². The maximum Gasteiger partial charge on any atom is 0.137 e. The molecular weight excluding hydrogens is 236 g/mol. The number of anilines is 1. The smallest absolute Gasteiger partial charge is 0.137 e. The van der Waals surface area contributed by atoms with E-state index in [2.05, 4.69) is 35.1 Å². The molecule has 0 aliphatic rings. The van der Waals surface area contributed by atoms with E-state index in [-0.39, 0.29) is 0 Å². The van der Waals surface area contributed by atoms with E-state index in [1.165, 1.54) is 5.56 Å². The van der Waals surface area contributed by atoms with Crippen LogP contribution in [0.15, 0.2) is 42.9 Å². The molecule has 4 nitrogen and oxygen atoms in total. The van der Waals surface area contributed by atoms with Crippen molar-refractivity contribution < 1.29 is 0 Å². The Morgan fingerprint density at radius 1 is 1.16 bits per heavy atom. The van der Waals surface area contributed by atoms with Crippen LogP contribution in [0.3, 0.4) is 0 Å². The zero-order chi connectivity index (χ0) is 13.4. The molecular formula is C15H16N4. The highest BCUT2D eigenvalue weighted by atomic mass is 15.1. The van der Waals surface area contributed by atoms with Crippen molar-refractivity contribution in [2.75, 3.05) is 19.0 Å². The molecule has 0 aromatic carbocycles. The number of imidazole rings is 1. The normalized spacial score (nSPS) is 10.9. The monoisotopic (exact) mass is 252 g/mol. The van der Waals surface area contributed by atoms with Gasteiger partial charge in [0.2, 0.25) is 0 Å². The maximum atomic E-state index is 4.63. The highest BCUT2D eigenvalue weighted by Crippen LogP contribution is 2.20. The van der Waals surface area contributed by atoms with Crippen LogP contribution in [-0.4, -0.2) is 28.5 Å². The summed E-state index contributed by atoms with van der Waals surface area (Å²) in [6, 6.07) is 8.21. The summed E-state index contributed by atoms with van der Waals surface area (Å²) in [6.07, 6.45) is 5.92. The number of aromatic nitrogens is 3. The minimum absolute atomic E-state index is 0.948. The zero-order valence-electron chi connectivity index (χ0n) is 11.3. The van der Waals surface area contributed by atoms with E-state index in [0.29, 0.717) is 0 Å². The average Bonchev–Trinajstić information content (AvgIpc) is 2.81. The molecule has 0 aliphatic heterocycles. The second-order valence-corrected chi connectivity index (χ2v) is 4.90. The quantitative estimate of drug-likeness (QED) is 0.703. The van der Waals surface area contributed by atoms with Gasteiger partial charge in [-0.3, -0.25) is 0 Å². The number of fused-ring (bicyclic) bond motifs is 1. The summed E-state index contributed by atoms with van der Waals surface area (Å²) < 4.78 is 2.03. The fraction of sp³-hybridized carbons (Fsp3) is 0.200. The summed E-state index contributed by atoms with van der Waals surface area (Å²) in [5.41, 5.74) is 4.16. The Labute approximate surface area is 112 Å².